The highest BCUT2D eigenvalue weighted by molar-refractivity contribution is 6.31. The summed E-state index contributed by atoms with van der Waals surface area (Å²) >= 11 is 12.5. The molecular formula is C23H22Cl2N2O2. The third kappa shape index (κ3) is 3.39. The number of piperidine rings is 1. The lowest BCUT2D eigenvalue weighted by Gasteiger charge is -2.52. The molecule has 1 N–H and O–H groups in total. The molecule has 0 bridgehead atoms. The van der Waals surface area contributed by atoms with Crippen LogP contribution in [0.15, 0.2) is 59.6 Å². The monoisotopic (exact) mass is 428 g/mol. The number of carboxylic acid groups (broad SMARTS) is 1. The van der Waals surface area contributed by atoms with E-state index in [2.05, 4.69) is 12.6 Å². The fourth-order valence-electron chi connectivity index (χ4n) is 5.10. The fraction of sp³-hybridized carbons (Fsp3) is 0.304. The molecule has 1 fully saturated rings. The number of carbonyl (C=O) groups is 1. The van der Waals surface area contributed by atoms with Crippen LogP contribution in [-0.2, 0) is 10.2 Å². The number of fused-ring (bicyclic) bond motifs is 2. The lowest BCUT2D eigenvalue weighted by atomic mass is 9.59. The zero-order chi connectivity index (χ0) is 20.8. The van der Waals surface area contributed by atoms with E-state index in [1.165, 1.54) is 0 Å². The number of aliphatic imine (C=N–C) groups is 1. The van der Waals surface area contributed by atoms with Crippen LogP contribution < -0.4 is 0 Å². The summed E-state index contributed by atoms with van der Waals surface area (Å²) < 4.78 is 0. The van der Waals surface area contributed by atoms with Crippen molar-refractivity contribution in [3.05, 3.63) is 75.8 Å². The Morgan fingerprint density at radius 3 is 2.72 bits per heavy atom. The Hall–Kier alpha value is -2.14. The average Bonchev–Trinajstić information content (AvgIpc) is 2.99. The van der Waals surface area contributed by atoms with Gasteiger partial charge in [0.05, 0.1) is 17.6 Å². The molecule has 6 heteroatoms. The Kier molecular flexibility index (Phi) is 5.28. The molecule has 0 unspecified atom stereocenters. The van der Waals surface area contributed by atoms with Gasteiger partial charge in [-0.1, -0.05) is 53.6 Å². The number of hydrogen-bond donors (Lipinski definition) is 1. The molecule has 1 saturated heterocycles. The first-order valence-electron chi connectivity index (χ1n) is 9.55. The Labute approximate surface area is 180 Å². The van der Waals surface area contributed by atoms with Crippen molar-refractivity contribution >= 4 is 41.1 Å². The Morgan fingerprint density at radius 1 is 1.28 bits per heavy atom. The molecule has 2 heterocycles. The lowest BCUT2D eigenvalue weighted by Crippen LogP contribution is -2.60. The summed E-state index contributed by atoms with van der Waals surface area (Å²) in [6.07, 6.45) is 2.76. The second-order valence-electron chi connectivity index (χ2n) is 7.86. The van der Waals surface area contributed by atoms with E-state index < -0.39 is 11.4 Å². The summed E-state index contributed by atoms with van der Waals surface area (Å²) in [5.74, 6) is -0.766. The van der Waals surface area contributed by atoms with E-state index in [1.54, 1.807) is 0 Å². The van der Waals surface area contributed by atoms with Gasteiger partial charge >= 0.3 is 5.97 Å². The van der Waals surface area contributed by atoms with Crippen LogP contribution >= 0.6 is 23.2 Å². The molecule has 0 aliphatic carbocycles. The highest BCUT2D eigenvalue weighted by Gasteiger charge is 2.54. The SMILES string of the molecule is C=C(C)[C@H]1N(CC(=O)O)CC[C@@H](c2cccc(Cl)c2)[C@]12C=Nc1cc(Cl)ccc12. The molecular weight excluding hydrogens is 407 g/mol. The molecule has 0 saturated carbocycles. The van der Waals surface area contributed by atoms with Crippen molar-refractivity contribution in [3.63, 3.8) is 0 Å². The standard InChI is InChI=1S/C23H22Cl2N2O2/c1-14(2)22-23(13-26-20-11-17(25)6-7-19(20)23)18(8-9-27(22)12-21(28)29)15-4-3-5-16(24)10-15/h3-7,10-11,13,18,22H,1,8-9,12H2,2H3,(H,28,29)/t18-,22+,23-/m0/s1. The molecule has 1 spiro atoms. The summed E-state index contributed by atoms with van der Waals surface area (Å²) in [5.41, 5.74) is 3.37. The van der Waals surface area contributed by atoms with Gasteiger partial charge in [0.25, 0.3) is 0 Å². The van der Waals surface area contributed by atoms with Crippen molar-refractivity contribution in [3.8, 4) is 0 Å². The van der Waals surface area contributed by atoms with Gasteiger partial charge in [-0.25, -0.2) is 0 Å². The van der Waals surface area contributed by atoms with Gasteiger partial charge in [-0.05, 0) is 48.7 Å². The van der Waals surface area contributed by atoms with E-state index in [4.69, 9.17) is 28.2 Å². The molecule has 3 atom stereocenters. The van der Waals surface area contributed by atoms with E-state index in [0.29, 0.717) is 16.6 Å². The number of likely N-dealkylation sites (tertiary alicyclic amines) is 1. The number of benzene rings is 2. The maximum absolute atomic E-state index is 11.6. The van der Waals surface area contributed by atoms with Gasteiger partial charge in [0.2, 0.25) is 0 Å². The quantitative estimate of drug-likeness (QED) is 0.657. The first-order chi connectivity index (χ1) is 13.8. The van der Waals surface area contributed by atoms with Crippen LogP contribution in [0.2, 0.25) is 10.0 Å². The molecule has 2 aromatic carbocycles. The third-order valence-electron chi connectivity index (χ3n) is 6.00. The lowest BCUT2D eigenvalue weighted by molar-refractivity contribution is -0.139. The van der Waals surface area contributed by atoms with E-state index in [-0.39, 0.29) is 18.5 Å². The Bertz CT molecular complexity index is 1020. The summed E-state index contributed by atoms with van der Waals surface area (Å²) in [4.78, 5) is 18.3. The molecule has 2 aromatic rings. The van der Waals surface area contributed by atoms with Crippen LogP contribution in [0.1, 0.15) is 30.4 Å². The van der Waals surface area contributed by atoms with Crippen molar-refractivity contribution in [2.75, 3.05) is 13.1 Å². The van der Waals surface area contributed by atoms with Crippen LogP contribution in [-0.4, -0.2) is 41.3 Å². The molecule has 150 valence electrons. The highest BCUT2D eigenvalue weighted by Crippen LogP contribution is 2.54. The number of carboxylic acids is 1. The van der Waals surface area contributed by atoms with E-state index in [1.807, 2.05) is 54.4 Å². The molecule has 2 aliphatic heterocycles. The van der Waals surface area contributed by atoms with Crippen molar-refractivity contribution < 1.29 is 9.90 Å². The van der Waals surface area contributed by atoms with Gasteiger partial charge < -0.3 is 5.11 Å². The predicted octanol–water partition coefficient (Wildman–Crippen LogP) is 5.47. The molecule has 0 aromatic heterocycles. The maximum Gasteiger partial charge on any atom is 0.317 e. The third-order valence-corrected chi connectivity index (χ3v) is 6.47. The van der Waals surface area contributed by atoms with Crippen molar-refractivity contribution in [2.45, 2.75) is 30.7 Å². The minimum absolute atomic E-state index is 0.0433. The molecule has 29 heavy (non-hydrogen) atoms. The smallest absolute Gasteiger partial charge is 0.317 e. The second-order valence-corrected chi connectivity index (χ2v) is 8.73. The van der Waals surface area contributed by atoms with Crippen LogP contribution in [0, 0.1) is 0 Å². The van der Waals surface area contributed by atoms with Gasteiger partial charge in [0, 0.05) is 34.8 Å². The maximum atomic E-state index is 11.6. The van der Waals surface area contributed by atoms with Gasteiger partial charge in [-0.15, -0.1) is 0 Å². The van der Waals surface area contributed by atoms with E-state index >= 15 is 0 Å². The van der Waals surface area contributed by atoms with Gasteiger partial charge in [-0.2, -0.15) is 0 Å². The number of halogens is 2. The first kappa shape index (κ1) is 20.1. The van der Waals surface area contributed by atoms with E-state index in [0.717, 1.165) is 28.8 Å². The van der Waals surface area contributed by atoms with Crippen molar-refractivity contribution in [1.82, 2.24) is 4.90 Å². The van der Waals surface area contributed by atoms with Crippen LogP contribution in [0.25, 0.3) is 0 Å². The molecule has 4 rings (SSSR count). The zero-order valence-corrected chi connectivity index (χ0v) is 17.6. The topological polar surface area (TPSA) is 52.9 Å². The number of nitrogens with zero attached hydrogens (tertiary/aromatic N) is 2. The summed E-state index contributed by atoms with van der Waals surface area (Å²) in [5, 5.41) is 10.8. The van der Waals surface area contributed by atoms with Crippen LogP contribution in [0.3, 0.4) is 0 Å². The largest absolute Gasteiger partial charge is 0.480 e. The Morgan fingerprint density at radius 2 is 2.03 bits per heavy atom. The summed E-state index contributed by atoms with van der Waals surface area (Å²) in [7, 11) is 0. The van der Waals surface area contributed by atoms with Crippen molar-refractivity contribution in [1.29, 1.82) is 0 Å². The Balaban J connectivity index is 1.94. The van der Waals surface area contributed by atoms with E-state index in [9.17, 15) is 9.90 Å². The van der Waals surface area contributed by atoms with Gasteiger partial charge in [0.15, 0.2) is 0 Å². The number of aliphatic carboxylic acids is 1. The molecule has 0 amide bonds. The normalized spacial score (nSPS) is 25.9. The van der Waals surface area contributed by atoms with Crippen molar-refractivity contribution in [2.24, 2.45) is 4.99 Å². The fourth-order valence-corrected chi connectivity index (χ4v) is 5.47. The highest BCUT2D eigenvalue weighted by atomic mass is 35.5. The van der Waals surface area contributed by atoms with Crippen LogP contribution in [0.4, 0.5) is 5.69 Å². The molecule has 2 aliphatic rings. The molecule has 0 radical (unpaired) electrons. The van der Waals surface area contributed by atoms with Crippen LogP contribution in [0.5, 0.6) is 0 Å². The summed E-state index contributed by atoms with van der Waals surface area (Å²) in [6, 6.07) is 13.5. The molecule has 4 nitrogen and oxygen atoms in total. The minimum atomic E-state index is -0.848. The van der Waals surface area contributed by atoms with Gasteiger partial charge in [-0.3, -0.25) is 14.7 Å². The average molecular weight is 429 g/mol. The number of hydrogen-bond acceptors (Lipinski definition) is 3. The predicted molar refractivity (Wildman–Crippen MR) is 118 cm³/mol. The number of rotatable bonds is 4. The zero-order valence-electron chi connectivity index (χ0n) is 16.1. The van der Waals surface area contributed by atoms with Gasteiger partial charge in [0.1, 0.15) is 0 Å². The minimum Gasteiger partial charge on any atom is -0.480 e. The second kappa shape index (κ2) is 7.60. The first-order valence-corrected chi connectivity index (χ1v) is 10.3. The summed E-state index contributed by atoms with van der Waals surface area (Å²) in [6.45, 7) is 6.81.